The van der Waals surface area contributed by atoms with Gasteiger partial charge in [-0.3, -0.25) is 9.59 Å². The van der Waals surface area contributed by atoms with Gasteiger partial charge in [0, 0.05) is 24.4 Å². The Hall–Kier alpha value is -1.10. The molecule has 152 valence electrons. The van der Waals surface area contributed by atoms with Crippen molar-refractivity contribution < 1.29 is 14.7 Å². The summed E-state index contributed by atoms with van der Waals surface area (Å²) in [5.74, 6) is 0.886. The third-order valence-corrected chi connectivity index (χ3v) is 7.86. The van der Waals surface area contributed by atoms with Crippen LogP contribution in [0.25, 0.3) is 0 Å². The summed E-state index contributed by atoms with van der Waals surface area (Å²) >= 11 is 0. The molecule has 0 aromatic rings. The molecule has 0 saturated heterocycles. The summed E-state index contributed by atoms with van der Waals surface area (Å²) in [5.41, 5.74) is -0.660. The van der Waals surface area contributed by atoms with Crippen LogP contribution in [0, 0.1) is 22.7 Å². The van der Waals surface area contributed by atoms with Crippen molar-refractivity contribution in [2.45, 2.75) is 103 Å². The van der Waals surface area contributed by atoms with Crippen molar-refractivity contribution >= 4 is 11.8 Å². The summed E-state index contributed by atoms with van der Waals surface area (Å²) in [4.78, 5) is 25.0. The van der Waals surface area contributed by atoms with Gasteiger partial charge in [0.1, 0.15) is 0 Å². The van der Waals surface area contributed by atoms with Crippen molar-refractivity contribution in [1.82, 2.24) is 10.6 Å². The van der Waals surface area contributed by atoms with Crippen molar-refractivity contribution in [3.05, 3.63) is 0 Å². The first-order valence-corrected chi connectivity index (χ1v) is 10.9. The van der Waals surface area contributed by atoms with Crippen LogP contribution in [-0.4, -0.2) is 34.6 Å². The third kappa shape index (κ3) is 3.90. The second kappa shape index (κ2) is 6.47. The van der Waals surface area contributed by atoms with E-state index in [9.17, 15) is 14.7 Å². The minimum atomic E-state index is -0.642. The highest BCUT2D eigenvalue weighted by Crippen LogP contribution is 2.64. The van der Waals surface area contributed by atoms with Gasteiger partial charge in [0.15, 0.2) is 0 Å². The Labute approximate surface area is 163 Å². The van der Waals surface area contributed by atoms with Gasteiger partial charge in [0.05, 0.1) is 5.60 Å². The van der Waals surface area contributed by atoms with Crippen LogP contribution in [0.1, 0.15) is 85.0 Å². The number of hydrogen-bond acceptors (Lipinski definition) is 3. The first-order valence-electron chi connectivity index (χ1n) is 10.9. The maximum absolute atomic E-state index is 12.6. The molecule has 0 heterocycles. The van der Waals surface area contributed by atoms with Gasteiger partial charge in [-0.15, -0.1) is 0 Å². The number of aliphatic hydroxyl groups is 1. The Morgan fingerprint density at radius 3 is 2.33 bits per heavy atom. The predicted molar refractivity (Wildman–Crippen MR) is 104 cm³/mol. The zero-order valence-corrected chi connectivity index (χ0v) is 17.1. The fourth-order valence-electron chi connectivity index (χ4n) is 5.94. The van der Waals surface area contributed by atoms with E-state index in [1.54, 1.807) is 0 Å². The van der Waals surface area contributed by atoms with Gasteiger partial charge in [-0.2, -0.15) is 0 Å². The Morgan fingerprint density at radius 1 is 1.00 bits per heavy atom. The predicted octanol–water partition coefficient (Wildman–Crippen LogP) is 2.91. The van der Waals surface area contributed by atoms with Gasteiger partial charge < -0.3 is 15.7 Å². The van der Waals surface area contributed by atoms with Gasteiger partial charge in [0.2, 0.25) is 11.8 Å². The molecule has 2 amide bonds. The fourth-order valence-corrected chi connectivity index (χ4v) is 5.94. The highest BCUT2D eigenvalue weighted by Gasteiger charge is 2.61. The lowest BCUT2D eigenvalue weighted by Gasteiger charge is -2.50. The van der Waals surface area contributed by atoms with Gasteiger partial charge >= 0.3 is 0 Å². The fraction of sp³-hybridized carbons (Fsp3) is 0.909. The number of fused-ring (bicyclic) bond motifs is 1. The maximum atomic E-state index is 12.6. The number of nitrogens with one attached hydrogen (secondary N) is 2. The molecular formula is C22H36N2O3. The Morgan fingerprint density at radius 2 is 1.70 bits per heavy atom. The molecule has 3 N–H and O–H groups in total. The summed E-state index contributed by atoms with van der Waals surface area (Å²) in [5, 5.41) is 17.3. The van der Waals surface area contributed by atoms with Crippen LogP contribution in [0.4, 0.5) is 0 Å². The lowest BCUT2D eigenvalue weighted by molar-refractivity contribution is -0.126. The van der Waals surface area contributed by atoms with Gasteiger partial charge in [-0.1, -0.05) is 13.8 Å². The largest absolute Gasteiger partial charge is 0.390 e. The quantitative estimate of drug-likeness (QED) is 0.667. The lowest BCUT2D eigenvalue weighted by atomic mass is 9.57. The molecule has 27 heavy (non-hydrogen) atoms. The van der Waals surface area contributed by atoms with E-state index in [4.69, 9.17) is 0 Å². The van der Waals surface area contributed by atoms with Crippen molar-refractivity contribution in [3.63, 3.8) is 0 Å². The third-order valence-electron chi connectivity index (χ3n) is 7.86. The molecule has 4 aliphatic carbocycles. The smallest absolute Gasteiger partial charge is 0.223 e. The molecule has 0 unspecified atom stereocenters. The van der Waals surface area contributed by atoms with Crippen molar-refractivity contribution in [2.24, 2.45) is 22.7 Å². The molecule has 5 heteroatoms. The zero-order chi connectivity index (χ0) is 19.4. The van der Waals surface area contributed by atoms with Gasteiger partial charge in [0.25, 0.3) is 0 Å². The van der Waals surface area contributed by atoms with Gasteiger partial charge in [-0.05, 0) is 81.5 Å². The summed E-state index contributed by atoms with van der Waals surface area (Å²) in [7, 11) is 0. The van der Waals surface area contributed by atoms with Crippen molar-refractivity contribution in [1.29, 1.82) is 0 Å². The topological polar surface area (TPSA) is 78.4 Å². The summed E-state index contributed by atoms with van der Waals surface area (Å²) < 4.78 is 0. The summed E-state index contributed by atoms with van der Waals surface area (Å²) in [6, 6.07) is 0.513. The molecule has 0 aliphatic heterocycles. The average molecular weight is 377 g/mol. The van der Waals surface area contributed by atoms with Crippen LogP contribution < -0.4 is 10.6 Å². The SMILES string of the molecule is CC1(C)C[C@H](NC(=O)C2CC2)[C@@]2(CCC(=O)NC3CC3)CC[C@](C)(O)C[C@@H]12. The molecule has 0 radical (unpaired) electrons. The monoisotopic (exact) mass is 376 g/mol. The highest BCUT2D eigenvalue weighted by molar-refractivity contribution is 5.81. The number of hydrogen-bond donors (Lipinski definition) is 3. The van der Waals surface area contributed by atoms with E-state index in [-0.39, 0.29) is 34.6 Å². The molecule has 0 aromatic heterocycles. The first kappa shape index (κ1) is 19.2. The second-order valence-corrected chi connectivity index (χ2v) is 10.9. The van der Waals surface area contributed by atoms with Crippen LogP contribution in [-0.2, 0) is 9.59 Å². The maximum Gasteiger partial charge on any atom is 0.223 e. The van der Waals surface area contributed by atoms with Crippen molar-refractivity contribution in [3.8, 4) is 0 Å². The van der Waals surface area contributed by atoms with Crippen LogP contribution in [0.2, 0.25) is 0 Å². The Balaban J connectivity index is 1.55. The number of carbonyl (C=O) groups is 2. The number of rotatable bonds is 6. The molecule has 4 fully saturated rings. The average Bonchev–Trinajstić information content (AvgIpc) is 3.46. The Bertz CT molecular complexity index is 621. The zero-order valence-electron chi connectivity index (χ0n) is 17.1. The van der Waals surface area contributed by atoms with Gasteiger partial charge in [-0.25, -0.2) is 0 Å². The minimum Gasteiger partial charge on any atom is -0.390 e. The van der Waals surface area contributed by atoms with E-state index < -0.39 is 5.60 Å². The standard InChI is InChI=1S/C22H36N2O3/c1-20(2)13-17(24-19(26)14-4-5-14)22(9-8-18(25)23-15-6-7-15)11-10-21(3,27)12-16(20)22/h14-17,27H,4-13H2,1-3H3,(H,23,25)(H,24,26)/t16-,17-,21-,22-/m0/s1. The van der Waals surface area contributed by atoms with Crippen LogP contribution in [0.3, 0.4) is 0 Å². The highest BCUT2D eigenvalue weighted by atomic mass is 16.3. The molecule has 0 aromatic carbocycles. The molecule has 5 nitrogen and oxygen atoms in total. The molecule has 4 rings (SSSR count). The molecule has 0 spiro atoms. The molecule has 4 atom stereocenters. The summed E-state index contributed by atoms with van der Waals surface area (Å²) in [6.45, 7) is 6.51. The lowest BCUT2D eigenvalue weighted by Crippen LogP contribution is -2.53. The van der Waals surface area contributed by atoms with E-state index >= 15 is 0 Å². The molecule has 4 aliphatic rings. The minimum absolute atomic E-state index is 0.0544. The number of amides is 2. The Kier molecular flexibility index (Phi) is 4.60. The normalized spacial score (nSPS) is 40.3. The van der Waals surface area contributed by atoms with Crippen molar-refractivity contribution in [2.75, 3.05) is 0 Å². The van der Waals surface area contributed by atoms with Crippen LogP contribution >= 0.6 is 0 Å². The van der Waals surface area contributed by atoms with E-state index in [0.717, 1.165) is 57.8 Å². The summed E-state index contributed by atoms with van der Waals surface area (Å²) in [6.07, 6.45) is 8.92. The first-order chi connectivity index (χ1) is 12.6. The van der Waals surface area contributed by atoms with E-state index in [1.165, 1.54) is 0 Å². The van der Waals surface area contributed by atoms with E-state index in [1.807, 2.05) is 6.92 Å². The van der Waals surface area contributed by atoms with E-state index in [2.05, 4.69) is 24.5 Å². The number of carbonyl (C=O) groups excluding carboxylic acids is 2. The van der Waals surface area contributed by atoms with Crippen LogP contribution in [0.5, 0.6) is 0 Å². The molecular weight excluding hydrogens is 340 g/mol. The molecule has 4 saturated carbocycles. The van der Waals surface area contributed by atoms with Crippen LogP contribution in [0.15, 0.2) is 0 Å². The molecule has 0 bridgehead atoms. The van der Waals surface area contributed by atoms with E-state index in [0.29, 0.717) is 18.4 Å². The second-order valence-electron chi connectivity index (χ2n) is 10.9.